The highest BCUT2D eigenvalue weighted by Crippen LogP contribution is 2.35. The predicted octanol–water partition coefficient (Wildman–Crippen LogP) is 3.59. The summed E-state index contributed by atoms with van der Waals surface area (Å²) in [4.78, 5) is 21.0. The first-order valence-electron chi connectivity index (χ1n) is 8.55. The van der Waals surface area contributed by atoms with Gasteiger partial charge >= 0.3 is 0 Å². The van der Waals surface area contributed by atoms with E-state index in [4.69, 9.17) is 0 Å². The Bertz CT molecular complexity index is 947. The summed E-state index contributed by atoms with van der Waals surface area (Å²) in [6, 6.07) is 4.19. The fourth-order valence-electron chi connectivity index (χ4n) is 3.37. The van der Waals surface area contributed by atoms with E-state index in [-0.39, 0.29) is 30.2 Å². The number of nitrogens with zero attached hydrogens (tertiary/aromatic N) is 3. The molecule has 1 fully saturated rings. The number of thiophene rings is 1. The van der Waals surface area contributed by atoms with Gasteiger partial charge in [0.2, 0.25) is 5.91 Å². The fraction of sp³-hybridized carbons (Fsp3) is 0.389. The van der Waals surface area contributed by atoms with E-state index < -0.39 is 0 Å². The SMILES string of the molecule is Cc1ccc(-c2nc(NC(=O)[C@H]3CNC[C@@H]3c3cnn(C)c3)sc2C)s1.Cl. The zero-order valence-electron chi connectivity index (χ0n) is 15.4. The molecule has 2 N–H and O–H groups in total. The van der Waals surface area contributed by atoms with E-state index in [1.54, 1.807) is 16.0 Å². The smallest absolute Gasteiger partial charge is 0.231 e. The Balaban J connectivity index is 0.00000210. The summed E-state index contributed by atoms with van der Waals surface area (Å²) in [5.41, 5.74) is 2.07. The van der Waals surface area contributed by atoms with Crippen molar-refractivity contribution < 1.29 is 4.79 Å². The first kappa shape index (κ1) is 20.0. The van der Waals surface area contributed by atoms with Gasteiger partial charge in [-0.3, -0.25) is 9.48 Å². The first-order chi connectivity index (χ1) is 12.5. The lowest BCUT2D eigenvalue weighted by molar-refractivity contribution is -0.119. The van der Waals surface area contributed by atoms with Crippen molar-refractivity contribution in [2.75, 3.05) is 18.4 Å². The van der Waals surface area contributed by atoms with Gasteiger partial charge in [0.1, 0.15) is 0 Å². The second-order valence-corrected chi connectivity index (χ2v) is 9.13. The quantitative estimate of drug-likeness (QED) is 0.672. The van der Waals surface area contributed by atoms with Crippen LogP contribution in [0.2, 0.25) is 0 Å². The molecule has 9 heteroatoms. The molecule has 4 heterocycles. The van der Waals surface area contributed by atoms with E-state index in [2.05, 4.69) is 39.8 Å². The standard InChI is InChI=1S/C18H21N5OS2.ClH/c1-10-4-5-15(25-10)16-11(2)26-18(21-16)22-17(24)14-8-19-7-13(14)12-6-20-23(3)9-12;/h4-6,9,13-14,19H,7-8H2,1-3H3,(H,21,22,24);1H/t13-,14+;/m1./s1. The van der Waals surface area contributed by atoms with Crippen molar-refractivity contribution in [3.63, 3.8) is 0 Å². The molecule has 0 spiro atoms. The minimum absolute atomic E-state index is 0. The topological polar surface area (TPSA) is 71.8 Å². The fourth-order valence-corrected chi connectivity index (χ4v) is 5.18. The van der Waals surface area contributed by atoms with Gasteiger partial charge in [-0.15, -0.1) is 35.1 Å². The molecule has 27 heavy (non-hydrogen) atoms. The van der Waals surface area contributed by atoms with E-state index in [1.165, 1.54) is 16.2 Å². The van der Waals surface area contributed by atoms with Crippen molar-refractivity contribution in [2.45, 2.75) is 19.8 Å². The molecule has 6 nitrogen and oxygen atoms in total. The van der Waals surface area contributed by atoms with Crippen molar-refractivity contribution in [3.8, 4) is 10.6 Å². The summed E-state index contributed by atoms with van der Waals surface area (Å²) < 4.78 is 1.78. The van der Waals surface area contributed by atoms with E-state index in [0.29, 0.717) is 11.7 Å². The molecule has 1 amide bonds. The van der Waals surface area contributed by atoms with E-state index >= 15 is 0 Å². The molecule has 3 aromatic heterocycles. The van der Waals surface area contributed by atoms with E-state index in [9.17, 15) is 4.79 Å². The minimum atomic E-state index is -0.115. The number of hydrogen-bond donors (Lipinski definition) is 2. The summed E-state index contributed by atoms with van der Waals surface area (Å²) in [5.74, 6) is 0.0477. The van der Waals surface area contributed by atoms with Crippen LogP contribution in [0.3, 0.4) is 0 Å². The zero-order chi connectivity index (χ0) is 18.3. The number of aromatic nitrogens is 3. The largest absolute Gasteiger partial charge is 0.315 e. The molecule has 1 aliphatic heterocycles. The highest BCUT2D eigenvalue weighted by Gasteiger charge is 2.35. The summed E-state index contributed by atoms with van der Waals surface area (Å²) in [6.07, 6.45) is 3.84. The molecule has 1 saturated heterocycles. The number of nitrogens with one attached hydrogen (secondary N) is 2. The second-order valence-electron chi connectivity index (χ2n) is 6.64. The minimum Gasteiger partial charge on any atom is -0.315 e. The molecule has 2 atom stereocenters. The van der Waals surface area contributed by atoms with Crippen LogP contribution in [0.25, 0.3) is 10.6 Å². The summed E-state index contributed by atoms with van der Waals surface area (Å²) in [5, 5.41) is 11.3. The molecule has 0 radical (unpaired) electrons. The number of aryl methyl sites for hydroxylation is 3. The average Bonchev–Trinajstić information content (AvgIpc) is 3.34. The lowest BCUT2D eigenvalue weighted by Crippen LogP contribution is -2.28. The van der Waals surface area contributed by atoms with Crippen LogP contribution in [-0.4, -0.2) is 33.8 Å². The molecular weight excluding hydrogens is 402 g/mol. The van der Waals surface area contributed by atoms with Gasteiger partial charge in [-0.25, -0.2) is 4.98 Å². The van der Waals surface area contributed by atoms with Gasteiger partial charge in [0, 0.05) is 42.0 Å². The Hall–Kier alpha value is -1.74. The molecule has 1 aliphatic rings. The normalized spacial score (nSPS) is 19.1. The molecule has 0 aromatic carbocycles. The van der Waals surface area contributed by atoms with Crippen LogP contribution in [0.1, 0.15) is 21.2 Å². The zero-order valence-corrected chi connectivity index (χ0v) is 17.8. The van der Waals surface area contributed by atoms with E-state index in [1.807, 2.05) is 26.4 Å². The van der Waals surface area contributed by atoms with Crippen molar-refractivity contribution >= 4 is 46.1 Å². The van der Waals surface area contributed by atoms with Crippen LogP contribution in [0, 0.1) is 19.8 Å². The molecule has 0 unspecified atom stereocenters. The predicted molar refractivity (Wildman–Crippen MR) is 113 cm³/mol. The summed E-state index contributed by atoms with van der Waals surface area (Å²) in [7, 11) is 1.90. The van der Waals surface area contributed by atoms with Gasteiger partial charge in [-0.2, -0.15) is 5.10 Å². The highest BCUT2D eigenvalue weighted by molar-refractivity contribution is 7.18. The van der Waals surface area contributed by atoms with Crippen molar-refractivity contribution in [3.05, 3.63) is 39.8 Å². The Morgan fingerprint density at radius 1 is 1.30 bits per heavy atom. The number of amides is 1. The number of rotatable bonds is 4. The van der Waals surface area contributed by atoms with Crippen LogP contribution in [-0.2, 0) is 11.8 Å². The molecule has 0 bridgehead atoms. The Kier molecular flexibility index (Phi) is 6.00. The lowest BCUT2D eigenvalue weighted by atomic mass is 9.90. The van der Waals surface area contributed by atoms with Crippen LogP contribution in [0.4, 0.5) is 5.13 Å². The average molecular weight is 424 g/mol. The van der Waals surface area contributed by atoms with Crippen LogP contribution in [0.5, 0.6) is 0 Å². The Morgan fingerprint density at radius 2 is 2.11 bits per heavy atom. The molecule has 0 saturated carbocycles. The number of carbonyl (C=O) groups excluding carboxylic acids is 1. The molecule has 3 aromatic rings. The molecular formula is C18H22ClN5OS2. The number of halogens is 1. The first-order valence-corrected chi connectivity index (χ1v) is 10.2. The molecule has 4 rings (SSSR count). The monoisotopic (exact) mass is 423 g/mol. The third-order valence-corrected chi connectivity index (χ3v) is 6.60. The van der Waals surface area contributed by atoms with Crippen LogP contribution >= 0.6 is 35.1 Å². The molecule has 144 valence electrons. The maximum absolute atomic E-state index is 12.9. The Morgan fingerprint density at radius 3 is 2.78 bits per heavy atom. The molecule has 0 aliphatic carbocycles. The second kappa shape index (κ2) is 8.10. The van der Waals surface area contributed by atoms with Gasteiger partial charge in [0.15, 0.2) is 5.13 Å². The van der Waals surface area contributed by atoms with Crippen LogP contribution < -0.4 is 10.6 Å². The number of anilines is 1. The number of carbonyl (C=O) groups is 1. The number of thiazole rings is 1. The number of hydrogen-bond acceptors (Lipinski definition) is 6. The Labute approximate surface area is 172 Å². The van der Waals surface area contributed by atoms with Crippen LogP contribution in [0.15, 0.2) is 24.5 Å². The van der Waals surface area contributed by atoms with Gasteiger partial charge in [-0.1, -0.05) is 0 Å². The third kappa shape index (κ3) is 4.08. The van der Waals surface area contributed by atoms with Gasteiger partial charge in [0.05, 0.1) is 22.7 Å². The summed E-state index contributed by atoms with van der Waals surface area (Å²) >= 11 is 3.26. The van der Waals surface area contributed by atoms with Gasteiger partial charge in [-0.05, 0) is 31.5 Å². The highest BCUT2D eigenvalue weighted by atomic mass is 35.5. The third-order valence-electron chi connectivity index (χ3n) is 4.70. The van der Waals surface area contributed by atoms with Crippen molar-refractivity contribution in [2.24, 2.45) is 13.0 Å². The van der Waals surface area contributed by atoms with Gasteiger partial charge < -0.3 is 10.6 Å². The van der Waals surface area contributed by atoms with E-state index in [0.717, 1.165) is 27.6 Å². The summed E-state index contributed by atoms with van der Waals surface area (Å²) in [6.45, 7) is 5.60. The lowest BCUT2D eigenvalue weighted by Gasteiger charge is -2.15. The van der Waals surface area contributed by atoms with Crippen molar-refractivity contribution in [1.82, 2.24) is 20.1 Å². The van der Waals surface area contributed by atoms with Gasteiger partial charge in [0.25, 0.3) is 0 Å². The maximum Gasteiger partial charge on any atom is 0.231 e. The van der Waals surface area contributed by atoms with Crippen molar-refractivity contribution in [1.29, 1.82) is 0 Å². The maximum atomic E-state index is 12.9.